The van der Waals surface area contributed by atoms with Crippen molar-refractivity contribution in [3.05, 3.63) is 29.3 Å². The van der Waals surface area contributed by atoms with Crippen LogP contribution in [0.15, 0.2) is 18.2 Å². The van der Waals surface area contributed by atoms with Crippen LogP contribution in [0.3, 0.4) is 0 Å². The highest BCUT2D eigenvalue weighted by atomic mass is 32.2. The lowest BCUT2D eigenvalue weighted by molar-refractivity contribution is 0.146. The molecule has 1 fully saturated rings. The predicted octanol–water partition coefficient (Wildman–Crippen LogP) is 2.94. The van der Waals surface area contributed by atoms with Crippen LogP contribution in [0.5, 0.6) is 5.75 Å². The maximum atomic E-state index is 11.7. The van der Waals surface area contributed by atoms with Crippen molar-refractivity contribution in [2.75, 3.05) is 39.0 Å². The highest BCUT2D eigenvalue weighted by Crippen LogP contribution is 2.27. The van der Waals surface area contributed by atoms with Gasteiger partial charge in [-0.1, -0.05) is 19.1 Å². The van der Waals surface area contributed by atoms with E-state index in [2.05, 4.69) is 36.9 Å². The lowest BCUT2D eigenvalue weighted by Gasteiger charge is -2.36. The lowest BCUT2D eigenvalue weighted by Crippen LogP contribution is -2.44. The van der Waals surface area contributed by atoms with E-state index in [-0.39, 0.29) is 0 Å². The van der Waals surface area contributed by atoms with Crippen LogP contribution in [-0.2, 0) is 22.9 Å². The zero-order valence-corrected chi connectivity index (χ0v) is 17.8. The molecule has 0 saturated carbocycles. The van der Waals surface area contributed by atoms with Crippen molar-refractivity contribution in [3.63, 3.8) is 0 Å². The first-order valence-electron chi connectivity index (χ1n) is 10.3. The van der Waals surface area contributed by atoms with E-state index in [1.54, 1.807) is 4.31 Å². The Morgan fingerprint density at radius 1 is 1.30 bits per heavy atom. The van der Waals surface area contributed by atoms with Crippen LogP contribution in [0.4, 0.5) is 0 Å². The van der Waals surface area contributed by atoms with Gasteiger partial charge in [0.1, 0.15) is 5.75 Å². The molecule has 1 atom stereocenters. The van der Waals surface area contributed by atoms with E-state index in [0.29, 0.717) is 25.0 Å². The van der Waals surface area contributed by atoms with E-state index in [4.69, 9.17) is 4.74 Å². The summed E-state index contributed by atoms with van der Waals surface area (Å²) in [5.74, 6) is 1.64. The van der Waals surface area contributed by atoms with Crippen molar-refractivity contribution in [2.45, 2.75) is 52.0 Å². The van der Waals surface area contributed by atoms with E-state index < -0.39 is 10.0 Å². The molecule has 0 radical (unpaired) electrons. The molecule has 3 rings (SSSR count). The summed E-state index contributed by atoms with van der Waals surface area (Å²) in [6, 6.07) is 7.12. The fourth-order valence-corrected chi connectivity index (χ4v) is 5.25. The SMILES string of the molecule is CCCN(CC1CCN(S(C)(=O)=O)CC1)[C@@H](C)Cc1ccc2c(c1)CCO2. The number of hydrogen-bond acceptors (Lipinski definition) is 4. The van der Waals surface area contributed by atoms with E-state index in [0.717, 1.165) is 57.6 Å². The van der Waals surface area contributed by atoms with Gasteiger partial charge in [-0.2, -0.15) is 0 Å². The Morgan fingerprint density at radius 3 is 2.70 bits per heavy atom. The van der Waals surface area contributed by atoms with Crippen LogP contribution < -0.4 is 4.74 Å². The van der Waals surface area contributed by atoms with Crippen molar-refractivity contribution in [2.24, 2.45) is 5.92 Å². The van der Waals surface area contributed by atoms with Gasteiger partial charge in [0.05, 0.1) is 12.9 Å². The van der Waals surface area contributed by atoms with Gasteiger partial charge >= 0.3 is 0 Å². The highest BCUT2D eigenvalue weighted by molar-refractivity contribution is 7.88. The van der Waals surface area contributed by atoms with Gasteiger partial charge in [-0.05, 0) is 62.3 Å². The summed E-state index contributed by atoms with van der Waals surface area (Å²) in [5.41, 5.74) is 2.73. The van der Waals surface area contributed by atoms with Gasteiger partial charge in [0.2, 0.25) is 10.0 Å². The summed E-state index contributed by atoms with van der Waals surface area (Å²) in [6.07, 6.45) is 6.47. The van der Waals surface area contributed by atoms with Crippen LogP contribution >= 0.6 is 0 Å². The van der Waals surface area contributed by atoms with Gasteiger partial charge in [0, 0.05) is 32.1 Å². The molecule has 0 unspecified atom stereocenters. The van der Waals surface area contributed by atoms with Crippen molar-refractivity contribution >= 4 is 10.0 Å². The normalized spacial score (nSPS) is 19.9. The Hall–Kier alpha value is -1.11. The average molecular weight is 395 g/mol. The molecule has 0 amide bonds. The molecule has 2 aliphatic rings. The molecule has 5 nitrogen and oxygen atoms in total. The topological polar surface area (TPSA) is 49.9 Å². The number of hydrogen-bond donors (Lipinski definition) is 0. The van der Waals surface area contributed by atoms with Crippen LogP contribution in [0.2, 0.25) is 0 Å². The van der Waals surface area contributed by atoms with Crippen LogP contribution in [-0.4, -0.2) is 62.7 Å². The zero-order valence-electron chi connectivity index (χ0n) is 17.0. The molecule has 0 bridgehead atoms. The van der Waals surface area contributed by atoms with Gasteiger partial charge in [0.25, 0.3) is 0 Å². The smallest absolute Gasteiger partial charge is 0.211 e. The minimum atomic E-state index is -3.04. The second-order valence-electron chi connectivity index (χ2n) is 8.19. The molecule has 2 heterocycles. The molecule has 0 spiro atoms. The number of piperidine rings is 1. The van der Waals surface area contributed by atoms with Gasteiger partial charge in [-0.25, -0.2) is 12.7 Å². The third-order valence-electron chi connectivity index (χ3n) is 5.95. The Labute approximate surface area is 164 Å². The standard InChI is InChI=1S/C21H34N2O3S/c1-4-10-22(16-18-7-11-23(12-8-18)27(3,24)25)17(2)14-19-5-6-21-20(15-19)9-13-26-21/h5-6,15,17-18H,4,7-14,16H2,1-3H3/t17-/m0/s1. The Morgan fingerprint density at radius 2 is 2.04 bits per heavy atom. The predicted molar refractivity (Wildman–Crippen MR) is 110 cm³/mol. The summed E-state index contributed by atoms with van der Waals surface area (Å²) >= 11 is 0. The summed E-state index contributed by atoms with van der Waals surface area (Å²) in [7, 11) is -3.04. The fraction of sp³-hybridized carbons (Fsp3) is 0.714. The van der Waals surface area contributed by atoms with Gasteiger partial charge in [-0.3, -0.25) is 0 Å². The molecule has 1 aromatic carbocycles. The second-order valence-corrected chi connectivity index (χ2v) is 10.2. The van der Waals surface area contributed by atoms with E-state index in [1.807, 2.05) is 0 Å². The van der Waals surface area contributed by atoms with Gasteiger partial charge in [-0.15, -0.1) is 0 Å². The molecule has 0 aromatic heterocycles. The maximum absolute atomic E-state index is 11.7. The quantitative estimate of drug-likeness (QED) is 0.680. The number of benzene rings is 1. The van der Waals surface area contributed by atoms with Gasteiger partial charge < -0.3 is 9.64 Å². The van der Waals surface area contributed by atoms with Crippen LogP contribution in [0, 0.1) is 5.92 Å². The minimum Gasteiger partial charge on any atom is -0.493 e. The van der Waals surface area contributed by atoms with Crippen LogP contribution in [0.25, 0.3) is 0 Å². The zero-order chi connectivity index (χ0) is 19.4. The first-order chi connectivity index (χ1) is 12.9. The third-order valence-corrected chi connectivity index (χ3v) is 7.26. The van der Waals surface area contributed by atoms with E-state index >= 15 is 0 Å². The molecular formula is C21H34N2O3S. The van der Waals surface area contributed by atoms with Crippen molar-refractivity contribution in [3.8, 4) is 5.75 Å². The molecule has 152 valence electrons. The molecule has 1 saturated heterocycles. The maximum Gasteiger partial charge on any atom is 0.211 e. The molecule has 6 heteroatoms. The lowest BCUT2D eigenvalue weighted by atomic mass is 9.95. The molecule has 0 aliphatic carbocycles. The number of rotatable bonds is 8. The largest absolute Gasteiger partial charge is 0.493 e. The van der Waals surface area contributed by atoms with E-state index in [1.165, 1.54) is 17.4 Å². The Balaban J connectivity index is 1.56. The first-order valence-corrected chi connectivity index (χ1v) is 12.2. The fourth-order valence-electron chi connectivity index (χ4n) is 4.37. The van der Waals surface area contributed by atoms with Gasteiger partial charge in [0.15, 0.2) is 0 Å². The average Bonchev–Trinajstić information content (AvgIpc) is 3.09. The summed E-state index contributed by atoms with van der Waals surface area (Å²) in [5, 5.41) is 0. The monoisotopic (exact) mass is 394 g/mol. The van der Waals surface area contributed by atoms with Crippen LogP contribution in [0.1, 0.15) is 44.2 Å². The Bertz CT molecular complexity index is 727. The molecular weight excluding hydrogens is 360 g/mol. The molecule has 27 heavy (non-hydrogen) atoms. The molecule has 0 N–H and O–H groups in total. The second kappa shape index (κ2) is 8.93. The first kappa shape index (κ1) is 20.6. The molecule has 2 aliphatic heterocycles. The molecule has 1 aromatic rings. The van der Waals surface area contributed by atoms with Crippen molar-refractivity contribution < 1.29 is 13.2 Å². The van der Waals surface area contributed by atoms with Crippen molar-refractivity contribution in [1.29, 1.82) is 0 Å². The summed E-state index contributed by atoms with van der Waals surface area (Å²) in [6.45, 7) is 8.87. The summed E-state index contributed by atoms with van der Waals surface area (Å²) < 4.78 is 30.7. The number of fused-ring (bicyclic) bond motifs is 1. The van der Waals surface area contributed by atoms with E-state index in [9.17, 15) is 8.42 Å². The Kier molecular flexibility index (Phi) is 6.82. The number of nitrogens with zero attached hydrogens (tertiary/aromatic N) is 2. The summed E-state index contributed by atoms with van der Waals surface area (Å²) in [4.78, 5) is 2.60. The highest BCUT2D eigenvalue weighted by Gasteiger charge is 2.27. The third kappa shape index (κ3) is 5.46. The number of sulfonamides is 1. The minimum absolute atomic E-state index is 0.484. The van der Waals surface area contributed by atoms with Crippen molar-refractivity contribution in [1.82, 2.24) is 9.21 Å². The number of ether oxygens (including phenoxy) is 1.